The van der Waals surface area contributed by atoms with E-state index in [1.54, 1.807) is 6.92 Å². The molecule has 0 saturated heterocycles. The highest BCUT2D eigenvalue weighted by Gasteiger charge is 2.30. The normalized spacial score (nSPS) is 23.6. The molecular weight excluding hydrogens is 274 g/mol. The van der Waals surface area contributed by atoms with E-state index in [0.717, 1.165) is 37.8 Å². The quantitative estimate of drug-likeness (QED) is 0.897. The van der Waals surface area contributed by atoms with Crippen molar-refractivity contribution in [2.75, 3.05) is 6.54 Å². The van der Waals surface area contributed by atoms with Gasteiger partial charge >= 0.3 is 0 Å². The SMILES string of the molecule is CC(NC(=O)C1CCCCC1CN)c1ccc(F)c(F)c1. The van der Waals surface area contributed by atoms with Gasteiger partial charge in [0.25, 0.3) is 0 Å². The first kappa shape index (κ1) is 15.9. The Morgan fingerprint density at radius 3 is 2.71 bits per heavy atom. The Morgan fingerprint density at radius 2 is 2.05 bits per heavy atom. The van der Waals surface area contributed by atoms with Gasteiger partial charge in [-0.3, -0.25) is 4.79 Å². The number of halogens is 2. The maximum Gasteiger partial charge on any atom is 0.223 e. The summed E-state index contributed by atoms with van der Waals surface area (Å²) in [5.41, 5.74) is 6.30. The first-order chi connectivity index (χ1) is 10.0. The van der Waals surface area contributed by atoms with Crippen LogP contribution in [0.3, 0.4) is 0 Å². The summed E-state index contributed by atoms with van der Waals surface area (Å²) in [6, 6.07) is 3.34. The van der Waals surface area contributed by atoms with E-state index in [2.05, 4.69) is 5.32 Å². The first-order valence-corrected chi connectivity index (χ1v) is 7.48. The van der Waals surface area contributed by atoms with Crippen molar-refractivity contribution < 1.29 is 13.6 Å². The summed E-state index contributed by atoms with van der Waals surface area (Å²) in [5.74, 6) is -1.67. The number of amides is 1. The van der Waals surface area contributed by atoms with Gasteiger partial charge in [0.2, 0.25) is 5.91 Å². The minimum atomic E-state index is -0.897. The molecule has 0 bridgehead atoms. The summed E-state index contributed by atoms with van der Waals surface area (Å²) < 4.78 is 26.2. The fraction of sp³-hybridized carbons (Fsp3) is 0.562. The molecule has 1 aromatic carbocycles. The molecule has 1 saturated carbocycles. The van der Waals surface area contributed by atoms with Crippen LogP contribution in [-0.4, -0.2) is 12.5 Å². The predicted octanol–water partition coefficient (Wildman–Crippen LogP) is 2.91. The summed E-state index contributed by atoms with van der Waals surface area (Å²) in [7, 11) is 0. The van der Waals surface area contributed by atoms with Crippen molar-refractivity contribution in [2.45, 2.75) is 38.6 Å². The maximum absolute atomic E-state index is 13.2. The molecule has 0 aromatic heterocycles. The molecule has 2 rings (SSSR count). The fourth-order valence-electron chi connectivity index (χ4n) is 3.02. The van der Waals surface area contributed by atoms with Crippen LogP contribution in [0.5, 0.6) is 0 Å². The van der Waals surface area contributed by atoms with Crippen LogP contribution in [0.15, 0.2) is 18.2 Å². The van der Waals surface area contributed by atoms with Crippen molar-refractivity contribution in [1.82, 2.24) is 5.32 Å². The fourth-order valence-corrected chi connectivity index (χ4v) is 3.02. The largest absolute Gasteiger partial charge is 0.349 e. The molecule has 3 atom stereocenters. The summed E-state index contributed by atoms with van der Waals surface area (Å²) in [4.78, 5) is 12.4. The molecule has 3 unspecified atom stereocenters. The second kappa shape index (κ2) is 6.98. The van der Waals surface area contributed by atoms with Gasteiger partial charge < -0.3 is 11.1 Å². The van der Waals surface area contributed by atoms with Crippen molar-refractivity contribution in [2.24, 2.45) is 17.6 Å². The predicted molar refractivity (Wildman–Crippen MR) is 77.4 cm³/mol. The van der Waals surface area contributed by atoms with Gasteiger partial charge in [-0.25, -0.2) is 8.78 Å². The monoisotopic (exact) mass is 296 g/mol. The number of nitrogens with two attached hydrogens (primary N) is 1. The van der Waals surface area contributed by atoms with Gasteiger partial charge in [-0.15, -0.1) is 0 Å². The van der Waals surface area contributed by atoms with E-state index in [-0.39, 0.29) is 23.8 Å². The number of benzene rings is 1. The molecule has 5 heteroatoms. The average molecular weight is 296 g/mol. The van der Waals surface area contributed by atoms with E-state index < -0.39 is 11.6 Å². The van der Waals surface area contributed by atoms with Crippen molar-refractivity contribution in [1.29, 1.82) is 0 Å². The van der Waals surface area contributed by atoms with E-state index >= 15 is 0 Å². The third-order valence-corrected chi connectivity index (χ3v) is 4.35. The lowest BCUT2D eigenvalue weighted by Gasteiger charge is -2.30. The van der Waals surface area contributed by atoms with Gasteiger partial charge in [-0.2, -0.15) is 0 Å². The van der Waals surface area contributed by atoms with E-state index in [4.69, 9.17) is 5.73 Å². The van der Waals surface area contributed by atoms with E-state index in [1.807, 2.05) is 0 Å². The molecule has 1 aromatic rings. The zero-order valence-electron chi connectivity index (χ0n) is 12.2. The van der Waals surface area contributed by atoms with Crippen LogP contribution >= 0.6 is 0 Å². The Balaban J connectivity index is 2.02. The molecule has 3 N–H and O–H groups in total. The van der Waals surface area contributed by atoms with Crippen molar-refractivity contribution in [3.63, 3.8) is 0 Å². The van der Waals surface area contributed by atoms with Crippen LogP contribution in [0.25, 0.3) is 0 Å². The Bertz CT molecular complexity index is 507. The smallest absolute Gasteiger partial charge is 0.223 e. The molecule has 0 radical (unpaired) electrons. The highest BCUT2D eigenvalue weighted by Crippen LogP contribution is 2.30. The second-order valence-electron chi connectivity index (χ2n) is 5.79. The van der Waals surface area contributed by atoms with Crippen molar-refractivity contribution in [3.8, 4) is 0 Å². The van der Waals surface area contributed by atoms with Crippen molar-refractivity contribution in [3.05, 3.63) is 35.4 Å². The van der Waals surface area contributed by atoms with Crippen LogP contribution in [0.2, 0.25) is 0 Å². The lowest BCUT2D eigenvalue weighted by molar-refractivity contribution is -0.128. The molecule has 1 amide bonds. The summed E-state index contributed by atoms with van der Waals surface area (Å²) in [6.45, 7) is 2.28. The van der Waals surface area contributed by atoms with Crippen LogP contribution in [-0.2, 0) is 4.79 Å². The molecule has 0 heterocycles. The Kier molecular flexibility index (Phi) is 5.28. The van der Waals surface area contributed by atoms with Gasteiger partial charge in [0.05, 0.1) is 6.04 Å². The third kappa shape index (κ3) is 3.79. The second-order valence-corrected chi connectivity index (χ2v) is 5.79. The number of carbonyl (C=O) groups is 1. The minimum Gasteiger partial charge on any atom is -0.349 e. The highest BCUT2D eigenvalue weighted by atomic mass is 19.2. The molecule has 1 fully saturated rings. The van der Waals surface area contributed by atoms with Crippen LogP contribution in [0.1, 0.15) is 44.2 Å². The number of hydrogen-bond donors (Lipinski definition) is 2. The molecule has 1 aliphatic carbocycles. The Morgan fingerprint density at radius 1 is 1.33 bits per heavy atom. The lowest BCUT2D eigenvalue weighted by Crippen LogP contribution is -2.40. The zero-order chi connectivity index (χ0) is 15.4. The highest BCUT2D eigenvalue weighted by molar-refractivity contribution is 5.79. The summed E-state index contributed by atoms with van der Waals surface area (Å²) >= 11 is 0. The van der Waals surface area contributed by atoms with E-state index in [1.165, 1.54) is 6.07 Å². The molecule has 0 spiro atoms. The Hall–Kier alpha value is -1.49. The van der Waals surface area contributed by atoms with Gasteiger partial charge in [-0.05, 0) is 49.9 Å². The van der Waals surface area contributed by atoms with Gasteiger partial charge in [0.15, 0.2) is 11.6 Å². The number of carbonyl (C=O) groups excluding carboxylic acids is 1. The zero-order valence-corrected chi connectivity index (χ0v) is 12.2. The molecule has 0 aliphatic heterocycles. The van der Waals surface area contributed by atoms with E-state index in [0.29, 0.717) is 12.1 Å². The minimum absolute atomic E-state index is 0.0395. The summed E-state index contributed by atoms with van der Waals surface area (Å²) in [6.07, 6.45) is 3.98. The summed E-state index contributed by atoms with van der Waals surface area (Å²) in [5, 5.41) is 2.89. The number of rotatable bonds is 4. The molecule has 3 nitrogen and oxygen atoms in total. The Labute approximate surface area is 123 Å². The van der Waals surface area contributed by atoms with Gasteiger partial charge in [0, 0.05) is 5.92 Å². The lowest BCUT2D eigenvalue weighted by atomic mass is 9.78. The van der Waals surface area contributed by atoms with Crippen molar-refractivity contribution >= 4 is 5.91 Å². The topological polar surface area (TPSA) is 55.1 Å². The molecule has 21 heavy (non-hydrogen) atoms. The van der Waals surface area contributed by atoms with Crippen LogP contribution < -0.4 is 11.1 Å². The molecule has 1 aliphatic rings. The van der Waals surface area contributed by atoms with Gasteiger partial charge in [0.1, 0.15) is 0 Å². The number of nitrogens with one attached hydrogen (secondary N) is 1. The van der Waals surface area contributed by atoms with Crippen LogP contribution in [0.4, 0.5) is 8.78 Å². The standard InChI is InChI=1S/C16H22F2N2O/c1-10(11-6-7-14(17)15(18)8-11)20-16(21)13-5-3-2-4-12(13)9-19/h6-8,10,12-13H,2-5,9,19H2,1H3,(H,20,21). The van der Waals surface area contributed by atoms with Crippen LogP contribution in [0, 0.1) is 23.5 Å². The van der Waals surface area contributed by atoms with Gasteiger partial charge in [-0.1, -0.05) is 18.9 Å². The first-order valence-electron chi connectivity index (χ1n) is 7.48. The average Bonchev–Trinajstić information content (AvgIpc) is 2.49. The third-order valence-electron chi connectivity index (χ3n) is 4.35. The molecular formula is C16H22F2N2O. The van der Waals surface area contributed by atoms with E-state index in [9.17, 15) is 13.6 Å². The molecule has 116 valence electrons. The number of hydrogen-bond acceptors (Lipinski definition) is 2. The maximum atomic E-state index is 13.2.